The van der Waals surface area contributed by atoms with Crippen molar-refractivity contribution < 1.29 is 13.9 Å². The first-order chi connectivity index (χ1) is 8.59. The van der Waals surface area contributed by atoms with Gasteiger partial charge in [0.25, 0.3) is 0 Å². The second kappa shape index (κ2) is 5.79. The van der Waals surface area contributed by atoms with Gasteiger partial charge in [0.15, 0.2) is 0 Å². The minimum absolute atomic E-state index is 0.0594. The zero-order valence-corrected chi connectivity index (χ0v) is 10.8. The third-order valence-electron chi connectivity index (χ3n) is 3.94. The predicted octanol–water partition coefficient (Wildman–Crippen LogP) is 4.28. The van der Waals surface area contributed by atoms with E-state index in [1.165, 1.54) is 25.8 Å². The lowest BCUT2D eigenvalue weighted by molar-refractivity contribution is 0.0948. The second-order valence-corrected chi connectivity index (χ2v) is 5.32. The molecule has 1 fully saturated rings. The number of aliphatic hydroxyl groups excluding tert-OH is 1. The van der Waals surface area contributed by atoms with Gasteiger partial charge in [0, 0.05) is 5.56 Å². The summed E-state index contributed by atoms with van der Waals surface area (Å²) in [6, 6.07) is 2.32. The molecule has 1 atom stereocenters. The minimum atomic E-state index is -0.877. The van der Waals surface area contributed by atoms with Gasteiger partial charge in [-0.3, -0.25) is 0 Å². The van der Waals surface area contributed by atoms with Crippen molar-refractivity contribution in [2.45, 2.75) is 51.6 Å². The summed E-state index contributed by atoms with van der Waals surface area (Å²) in [5, 5.41) is 10.3. The Kier molecular flexibility index (Phi) is 4.33. The van der Waals surface area contributed by atoms with Crippen LogP contribution in [0.2, 0.25) is 0 Å². The Balaban J connectivity index is 2.21. The Morgan fingerprint density at radius 3 is 2.28 bits per heavy atom. The van der Waals surface area contributed by atoms with Gasteiger partial charge in [-0.15, -0.1) is 0 Å². The normalized spacial score (nSPS) is 19.6. The molecular formula is C15H20F2O. The number of hydrogen-bond acceptors (Lipinski definition) is 1. The van der Waals surface area contributed by atoms with Gasteiger partial charge in [-0.05, 0) is 43.4 Å². The van der Waals surface area contributed by atoms with Crippen LogP contribution in [-0.2, 0) is 0 Å². The summed E-state index contributed by atoms with van der Waals surface area (Å²) in [5.41, 5.74) is 0.398. The third kappa shape index (κ3) is 2.89. The maximum atomic E-state index is 13.8. The highest BCUT2D eigenvalue weighted by molar-refractivity contribution is 5.27. The molecule has 0 radical (unpaired) electrons. The highest BCUT2D eigenvalue weighted by Gasteiger charge is 2.25. The average molecular weight is 254 g/mol. The molecule has 1 aliphatic rings. The number of halogens is 2. The molecule has 3 heteroatoms. The molecule has 1 N–H and O–H groups in total. The number of hydrogen-bond donors (Lipinski definition) is 1. The van der Waals surface area contributed by atoms with E-state index < -0.39 is 17.7 Å². The molecule has 1 unspecified atom stereocenters. The molecule has 1 aromatic rings. The van der Waals surface area contributed by atoms with E-state index in [1.807, 2.05) is 0 Å². The summed E-state index contributed by atoms with van der Waals surface area (Å²) in [4.78, 5) is 0. The molecule has 1 saturated carbocycles. The monoisotopic (exact) mass is 254 g/mol. The third-order valence-corrected chi connectivity index (χ3v) is 3.94. The summed E-state index contributed by atoms with van der Waals surface area (Å²) >= 11 is 0. The van der Waals surface area contributed by atoms with Crippen molar-refractivity contribution in [3.63, 3.8) is 0 Å². The van der Waals surface area contributed by atoms with Crippen LogP contribution in [-0.4, -0.2) is 5.11 Å². The van der Waals surface area contributed by atoms with Crippen LogP contribution < -0.4 is 0 Å². The highest BCUT2D eigenvalue weighted by atomic mass is 19.1. The quantitative estimate of drug-likeness (QED) is 0.781. The molecule has 0 aromatic heterocycles. The molecule has 1 aliphatic carbocycles. The second-order valence-electron chi connectivity index (χ2n) is 5.32. The first kappa shape index (κ1) is 13.5. The Hall–Kier alpha value is -0.960. The first-order valence-corrected chi connectivity index (χ1v) is 6.73. The van der Waals surface area contributed by atoms with Crippen LogP contribution in [0.15, 0.2) is 12.1 Å². The molecule has 0 spiro atoms. The smallest absolute Gasteiger partial charge is 0.129 e. The van der Waals surface area contributed by atoms with Gasteiger partial charge in [0.05, 0.1) is 6.10 Å². The van der Waals surface area contributed by atoms with E-state index in [0.717, 1.165) is 31.7 Å². The Morgan fingerprint density at radius 1 is 1.06 bits per heavy atom. The molecule has 0 amide bonds. The fourth-order valence-corrected chi connectivity index (χ4v) is 2.77. The lowest BCUT2D eigenvalue weighted by Gasteiger charge is -2.22. The van der Waals surface area contributed by atoms with Crippen LogP contribution in [0.5, 0.6) is 0 Å². The van der Waals surface area contributed by atoms with Gasteiger partial charge >= 0.3 is 0 Å². The number of aryl methyl sites for hydroxylation is 1. The van der Waals surface area contributed by atoms with Crippen LogP contribution in [0, 0.1) is 24.5 Å². The van der Waals surface area contributed by atoms with Crippen molar-refractivity contribution in [2.75, 3.05) is 0 Å². The van der Waals surface area contributed by atoms with Crippen LogP contribution in [0.3, 0.4) is 0 Å². The van der Waals surface area contributed by atoms with Crippen molar-refractivity contribution in [3.05, 3.63) is 34.9 Å². The number of rotatable bonds is 2. The van der Waals surface area contributed by atoms with Gasteiger partial charge in [-0.2, -0.15) is 0 Å². The van der Waals surface area contributed by atoms with Gasteiger partial charge < -0.3 is 5.11 Å². The average Bonchev–Trinajstić information content (AvgIpc) is 2.61. The summed E-state index contributed by atoms with van der Waals surface area (Å²) < 4.78 is 27.3. The van der Waals surface area contributed by atoms with Crippen LogP contribution in [0.25, 0.3) is 0 Å². The maximum absolute atomic E-state index is 13.8. The van der Waals surface area contributed by atoms with E-state index in [9.17, 15) is 13.9 Å². The summed E-state index contributed by atoms with van der Waals surface area (Å²) in [5.74, 6) is -0.881. The van der Waals surface area contributed by atoms with Crippen LogP contribution >= 0.6 is 0 Å². The number of aliphatic hydroxyl groups is 1. The van der Waals surface area contributed by atoms with E-state index in [4.69, 9.17) is 0 Å². The summed E-state index contributed by atoms with van der Waals surface area (Å²) in [7, 11) is 0. The van der Waals surface area contributed by atoms with E-state index >= 15 is 0 Å². The van der Waals surface area contributed by atoms with Crippen molar-refractivity contribution in [2.24, 2.45) is 5.92 Å². The fourth-order valence-electron chi connectivity index (χ4n) is 2.77. The van der Waals surface area contributed by atoms with E-state index in [0.29, 0.717) is 0 Å². The number of benzene rings is 1. The molecule has 18 heavy (non-hydrogen) atoms. The van der Waals surface area contributed by atoms with E-state index in [2.05, 4.69) is 0 Å². The van der Waals surface area contributed by atoms with Gasteiger partial charge in [-0.25, -0.2) is 8.78 Å². The van der Waals surface area contributed by atoms with Gasteiger partial charge in [-0.1, -0.05) is 25.7 Å². The molecule has 0 heterocycles. The Morgan fingerprint density at radius 2 is 1.67 bits per heavy atom. The van der Waals surface area contributed by atoms with E-state index in [-0.39, 0.29) is 17.0 Å². The Bertz CT molecular complexity index is 409. The van der Waals surface area contributed by atoms with Gasteiger partial charge in [0.2, 0.25) is 0 Å². The summed E-state index contributed by atoms with van der Waals surface area (Å²) in [6.45, 7) is 1.53. The van der Waals surface area contributed by atoms with Crippen molar-refractivity contribution >= 4 is 0 Å². The lowest BCUT2D eigenvalue weighted by atomic mass is 9.89. The largest absolute Gasteiger partial charge is 0.388 e. The van der Waals surface area contributed by atoms with E-state index in [1.54, 1.807) is 0 Å². The summed E-state index contributed by atoms with van der Waals surface area (Å²) in [6.07, 6.45) is 5.40. The SMILES string of the molecule is Cc1cc(F)c(C(O)C2CCCCCC2)cc1F. The molecule has 0 saturated heterocycles. The first-order valence-electron chi connectivity index (χ1n) is 6.73. The maximum Gasteiger partial charge on any atom is 0.129 e. The fraction of sp³-hybridized carbons (Fsp3) is 0.600. The van der Waals surface area contributed by atoms with Crippen molar-refractivity contribution in [1.82, 2.24) is 0 Å². The minimum Gasteiger partial charge on any atom is -0.388 e. The molecule has 2 rings (SSSR count). The predicted molar refractivity (Wildman–Crippen MR) is 67.2 cm³/mol. The molecule has 100 valence electrons. The van der Waals surface area contributed by atoms with Gasteiger partial charge in [0.1, 0.15) is 11.6 Å². The van der Waals surface area contributed by atoms with Crippen molar-refractivity contribution in [3.8, 4) is 0 Å². The standard InChI is InChI=1S/C15H20F2O/c1-10-8-14(17)12(9-13(10)16)15(18)11-6-4-2-3-5-7-11/h8-9,11,15,18H,2-7H2,1H3. The lowest BCUT2D eigenvalue weighted by Crippen LogP contribution is -2.14. The highest BCUT2D eigenvalue weighted by Crippen LogP contribution is 2.35. The molecular weight excluding hydrogens is 234 g/mol. The topological polar surface area (TPSA) is 20.2 Å². The van der Waals surface area contributed by atoms with Crippen LogP contribution in [0.1, 0.15) is 55.8 Å². The molecule has 1 nitrogen and oxygen atoms in total. The molecule has 0 aliphatic heterocycles. The van der Waals surface area contributed by atoms with Crippen molar-refractivity contribution in [1.29, 1.82) is 0 Å². The molecule has 1 aromatic carbocycles. The Labute approximate surface area is 107 Å². The molecule has 0 bridgehead atoms. The zero-order valence-electron chi connectivity index (χ0n) is 10.8. The van der Waals surface area contributed by atoms with Crippen LogP contribution in [0.4, 0.5) is 8.78 Å². The zero-order chi connectivity index (χ0) is 13.1.